The van der Waals surface area contributed by atoms with E-state index in [-0.39, 0.29) is 24.4 Å². The molecule has 0 aliphatic heterocycles. The van der Waals surface area contributed by atoms with E-state index in [4.69, 9.17) is 11.6 Å². The summed E-state index contributed by atoms with van der Waals surface area (Å²) in [5.74, 6) is -0.172. The Bertz CT molecular complexity index is 541. The van der Waals surface area contributed by atoms with Gasteiger partial charge in [-0.1, -0.05) is 24.4 Å². The van der Waals surface area contributed by atoms with E-state index in [0.717, 1.165) is 12.8 Å². The Morgan fingerprint density at radius 1 is 1.26 bits per heavy atom. The molecule has 2 amide bonds. The number of amides is 2. The van der Waals surface area contributed by atoms with Crippen molar-refractivity contribution in [3.63, 3.8) is 0 Å². The third kappa shape index (κ3) is 5.52. The molecule has 1 atom stereocenters. The molecule has 0 unspecified atom stereocenters. The van der Waals surface area contributed by atoms with Crippen LogP contribution < -0.4 is 10.6 Å². The highest BCUT2D eigenvalue weighted by Gasteiger charge is 2.24. The monoisotopic (exact) mass is 337 g/mol. The highest BCUT2D eigenvalue weighted by molar-refractivity contribution is 6.30. The number of anilines is 1. The number of rotatable bonds is 6. The SMILES string of the molecule is C[C@@H](C(=O)NC1CCCC1)N(C)CC(=O)Nc1ccc(Cl)cc1. The molecular weight excluding hydrogens is 314 g/mol. The number of benzene rings is 1. The molecule has 0 bridgehead atoms. The van der Waals surface area contributed by atoms with Gasteiger partial charge in [0.15, 0.2) is 0 Å². The number of likely N-dealkylation sites (N-methyl/N-ethyl adjacent to an activating group) is 1. The molecule has 2 N–H and O–H groups in total. The first-order chi connectivity index (χ1) is 11.0. The van der Waals surface area contributed by atoms with Crippen LogP contribution in [0.1, 0.15) is 32.6 Å². The van der Waals surface area contributed by atoms with Gasteiger partial charge in [0.05, 0.1) is 12.6 Å². The molecule has 0 spiro atoms. The first-order valence-electron chi connectivity index (χ1n) is 8.01. The number of hydrogen-bond acceptors (Lipinski definition) is 3. The molecule has 126 valence electrons. The number of hydrogen-bond donors (Lipinski definition) is 2. The maximum absolute atomic E-state index is 12.2. The average Bonchev–Trinajstić information content (AvgIpc) is 3.01. The van der Waals surface area contributed by atoms with Crippen molar-refractivity contribution in [2.45, 2.75) is 44.7 Å². The van der Waals surface area contributed by atoms with Crippen LogP contribution in [-0.4, -0.2) is 42.4 Å². The third-order valence-electron chi connectivity index (χ3n) is 4.26. The van der Waals surface area contributed by atoms with E-state index in [1.54, 1.807) is 36.2 Å². The fraction of sp³-hybridized carbons (Fsp3) is 0.529. The second kappa shape index (κ2) is 8.31. The predicted octanol–water partition coefficient (Wildman–Crippen LogP) is 2.66. The minimum atomic E-state index is -0.341. The zero-order chi connectivity index (χ0) is 16.8. The summed E-state index contributed by atoms with van der Waals surface area (Å²) in [4.78, 5) is 26.0. The Labute approximate surface area is 142 Å². The van der Waals surface area contributed by atoms with Crippen molar-refractivity contribution in [1.82, 2.24) is 10.2 Å². The van der Waals surface area contributed by atoms with Gasteiger partial charge < -0.3 is 10.6 Å². The van der Waals surface area contributed by atoms with Crippen LogP contribution in [0.5, 0.6) is 0 Å². The van der Waals surface area contributed by atoms with E-state index < -0.39 is 0 Å². The largest absolute Gasteiger partial charge is 0.352 e. The zero-order valence-corrected chi connectivity index (χ0v) is 14.4. The van der Waals surface area contributed by atoms with Crippen molar-refractivity contribution in [2.24, 2.45) is 0 Å². The van der Waals surface area contributed by atoms with Gasteiger partial charge in [-0.2, -0.15) is 0 Å². The van der Waals surface area contributed by atoms with Gasteiger partial charge in [0.1, 0.15) is 0 Å². The average molecular weight is 338 g/mol. The van der Waals surface area contributed by atoms with Gasteiger partial charge in [-0.25, -0.2) is 0 Å². The van der Waals surface area contributed by atoms with E-state index >= 15 is 0 Å². The Morgan fingerprint density at radius 2 is 1.87 bits per heavy atom. The molecule has 0 saturated heterocycles. The molecule has 1 aromatic rings. The smallest absolute Gasteiger partial charge is 0.238 e. The molecule has 5 nitrogen and oxygen atoms in total. The Morgan fingerprint density at radius 3 is 2.48 bits per heavy atom. The molecular formula is C17H24ClN3O2. The fourth-order valence-corrected chi connectivity index (χ4v) is 2.82. The van der Waals surface area contributed by atoms with Gasteiger partial charge in [-0.05, 0) is 51.1 Å². The molecule has 1 aliphatic rings. The van der Waals surface area contributed by atoms with E-state index in [2.05, 4.69) is 10.6 Å². The highest BCUT2D eigenvalue weighted by atomic mass is 35.5. The van der Waals surface area contributed by atoms with Gasteiger partial charge >= 0.3 is 0 Å². The topological polar surface area (TPSA) is 61.4 Å². The van der Waals surface area contributed by atoms with Gasteiger partial charge in [0.2, 0.25) is 11.8 Å². The summed E-state index contributed by atoms with van der Waals surface area (Å²) >= 11 is 5.81. The number of carbonyl (C=O) groups is 2. The quantitative estimate of drug-likeness (QED) is 0.839. The lowest BCUT2D eigenvalue weighted by molar-refractivity contribution is -0.127. The molecule has 23 heavy (non-hydrogen) atoms. The van der Waals surface area contributed by atoms with E-state index in [1.807, 2.05) is 6.92 Å². The first kappa shape index (κ1) is 17.8. The normalized spacial score (nSPS) is 16.3. The summed E-state index contributed by atoms with van der Waals surface area (Å²) in [6, 6.07) is 6.89. The summed E-state index contributed by atoms with van der Waals surface area (Å²) in [7, 11) is 1.78. The van der Waals surface area contributed by atoms with Crippen molar-refractivity contribution in [1.29, 1.82) is 0 Å². The van der Waals surface area contributed by atoms with Crippen LogP contribution in [0.3, 0.4) is 0 Å². The fourth-order valence-electron chi connectivity index (χ4n) is 2.69. The highest BCUT2D eigenvalue weighted by Crippen LogP contribution is 2.18. The molecule has 6 heteroatoms. The lowest BCUT2D eigenvalue weighted by atomic mass is 10.2. The Hall–Kier alpha value is -1.59. The number of nitrogens with zero attached hydrogens (tertiary/aromatic N) is 1. The summed E-state index contributed by atoms with van der Waals surface area (Å²) in [6.07, 6.45) is 4.47. The number of carbonyl (C=O) groups excluding carboxylic acids is 2. The van der Waals surface area contributed by atoms with E-state index in [9.17, 15) is 9.59 Å². The Balaban J connectivity index is 1.79. The van der Waals surface area contributed by atoms with Gasteiger partial charge in [0.25, 0.3) is 0 Å². The van der Waals surface area contributed by atoms with Crippen molar-refractivity contribution in [2.75, 3.05) is 18.9 Å². The van der Waals surface area contributed by atoms with Crippen molar-refractivity contribution in [3.05, 3.63) is 29.3 Å². The lowest BCUT2D eigenvalue weighted by Gasteiger charge is -2.25. The van der Waals surface area contributed by atoms with Crippen LogP contribution in [0.15, 0.2) is 24.3 Å². The maximum Gasteiger partial charge on any atom is 0.238 e. The molecule has 1 aromatic carbocycles. The minimum absolute atomic E-state index is 0.0151. The number of halogens is 1. The minimum Gasteiger partial charge on any atom is -0.352 e. The summed E-state index contributed by atoms with van der Waals surface area (Å²) in [6.45, 7) is 1.97. The van der Waals surface area contributed by atoms with Crippen LogP contribution in [0, 0.1) is 0 Å². The van der Waals surface area contributed by atoms with E-state index in [1.165, 1.54) is 12.8 Å². The van der Waals surface area contributed by atoms with Crippen LogP contribution in [0.4, 0.5) is 5.69 Å². The second-order valence-electron chi connectivity index (χ2n) is 6.14. The van der Waals surface area contributed by atoms with Crippen LogP contribution in [-0.2, 0) is 9.59 Å². The maximum atomic E-state index is 12.2. The molecule has 1 saturated carbocycles. The first-order valence-corrected chi connectivity index (χ1v) is 8.39. The van der Waals surface area contributed by atoms with Crippen molar-refractivity contribution in [3.8, 4) is 0 Å². The predicted molar refractivity (Wildman–Crippen MR) is 92.6 cm³/mol. The molecule has 1 aliphatic carbocycles. The van der Waals surface area contributed by atoms with Gasteiger partial charge in [-0.3, -0.25) is 14.5 Å². The Kier molecular flexibility index (Phi) is 6.42. The molecule has 1 fully saturated rings. The zero-order valence-electron chi connectivity index (χ0n) is 13.6. The molecule has 0 aromatic heterocycles. The van der Waals surface area contributed by atoms with E-state index in [0.29, 0.717) is 16.8 Å². The summed E-state index contributed by atoms with van der Waals surface area (Å²) in [5.41, 5.74) is 0.691. The van der Waals surface area contributed by atoms with Crippen molar-refractivity contribution >= 4 is 29.1 Å². The summed E-state index contributed by atoms with van der Waals surface area (Å²) < 4.78 is 0. The van der Waals surface area contributed by atoms with Crippen LogP contribution >= 0.6 is 11.6 Å². The summed E-state index contributed by atoms with van der Waals surface area (Å²) in [5, 5.41) is 6.48. The standard InChI is InChI=1S/C17H24ClN3O2/c1-12(17(23)20-14-5-3-4-6-14)21(2)11-16(22)19-15-9-7-13(18)8-10-15/h7-10,12,14H,3-6,11H2,1-2H3,(H,19,22)(H,20,23)/t12-/m0/s1. The molecule has 2 rings (SSSR count). The second-order valence-corrected chi connectivity index (χ2v) is 6.57. The van der Waals surface area contributed by atoms with Gasteiger partial charge in [0, 0.05) is 16.8 Å². The molecule has 0 heterocycles. The third-order valence-corrected chi connectivity index (χ3v) is 4.52. The van der Waals surface area contributed by atoms with Gasteiger partial charge in [-0.15, -0.1) is 0 Å². The lowest BCUT2D eigenvalue weighted by Crippen LogP contribution is -2.48. The van der Waals surface area contributed by atoms with Crippen LogP contribution in [0.2, 0.25) is 5.02 Å². The van der Waals surface area contributed by atoms with Crippen molar-refractivity contribution < 1.29 is 9.59 Å². The number of nitrogens with one attached hydrogen (secondary N) is 2. The molecule has 0 radical (unpaired) electrons. The van der Waals surface area contributed by atoms with Crippen LogP contribution in [0.25, 0.3) is 0 Å².